The highest BCUT2D eigenvalue weighted by atomic mass is 32.2. The van der Waals surface area contributed by atoms with Crippen molar-refractivity contribution in [3.05, 3.63) is 47.0 Å². The Morgan fingerprint density at radius 3 is 3.00 bits per heavy atom. The van der Waals surface area contributed by atoms with Gasteiger partial charge >= 0.3 is 0 Å². The standard InChI is InChI=1S/C16H18N2O2S2/c1-12-10-21-16(17-12)22-11-15(19)18-7-8-20-14(9-18)13-5-3-2-4-6-13/h2-6,10,14H,7-9,11H2,1H3. The molecule has 1 amide bonds. The molecular weight excluding hydrogens is 316 g/mol. The quantitative estimate of drug-likeness (QED) is 0.806. The molecule has 3 rings (SSSR count). The monoisotopic (exact) mass is 334 g/mol. The third kappa shape index (κ3) is 3.88. The molecule has 4 nitrogen and oxygen atoms in total. The number of benzene rings is 1. The van der Waals surface area contributed by atoms with Gasteiger partial charge in [-0.05, 0) is 12.5 Å². The number of amides is 1. The average molecular weight is 334 g/mol. The summed E-state index contributed by atoms with van der Waals surface area (Å²) in [6.07, 6.45) is -0.0222. The molecule has 6 heteroatoms. The number of hydrogen-bond acceptors (Lipinski definition) is 5. The second-order valence-corrected chi connectivity index (χ2v) is 7.23. The highest BCUT2D eigenvalue weighted by molar-refractivity contribution is 8.01. The lowest BCUT2D eigenvalue weighted by atomic mass is 10.1. The Balaban J connectivity index is 1.56. The van der Waals surface area contributed by atoms with Crippen molar-refractivity contribution in [3.8, 4) is 0 Å². The molecule has 1 fully saturated rings. The molecule has 1 aliphatic heterocycles. The minimum Gasteiger partial charge on any atom is -0.370 e. The molecule has 1 saturated heterocycles. The van der Waals surface area contributed by atoms with Crippen LogP contribution in [0, 0.1) is 6.92 Å². The van der Waals surface area contributed by atoms with Gasteiger partial charge in [-0.3, -0.25) is 4.79 Å². The van der Waals surface area contributed by atoms with E-state index in [9.17, 15) is 4.79 Å². The van der Waals surface area contributed by atoms with Crippen LogP contribution in [0.25, 0.3) is 0 Å². The van der Waals surface area contributed by atoms with Gasteiger partial charge in [0.2, 0.25) is 5.91 Å². The van der Waals surface area contributed by atoms with E-state index in [2.05, 4.69) is 4.98 Å². The molecule has 1 unspecified atom stereocenters. The van der Waals surface area contributed by atoms with Crippen LogP contribution in [-0.4, -0.2) is 41.2 Å². The van der Waals surface area contributed by atoms with Gasteiger partial charge in [0.05, 0.1) is 18.9 Å². The van der Waals surface area contributed by atoms with Crippen molar-refractivity contribution in [2.45, 2.75) is 17.4 Å². The number of carbonyl (C=O) groups is 1. The fourth-order valence-electron chi connectivity index (χ4n) is 2.36. The zero-order chi connectivity index (χ0) is 15.4. The Kier molecular flexibility index (Phi) is 5.12. The van der Waals surface area contributed by atoms with E-state index in [4.69, 9.17) is 4.74 Å². The zero-order valence-corrected chi connectivity index (χ0v) is 14.0. The molecule has 22 heavy (non-hydrogen) atoms. The first-order chi connectivity index (χ1) is 10.7. The van der Waals surface area contributed by atoms with Crippen LogP contribution >= 0.6 is 23.1 Å². The topological polar surface area (TPSA) is 42.4 Å². The fraction of sp³-hybridized carbons (Fsp3) is 0.375. The lowest BCUT2D eigenvalue weighted by molar-refractivity contribution is -0.136. The van der Waals surface area contributed by atoms with Crippen molar-refractivity contribution < 1.29 is 9.53 Å². The van der Waals surface area contributed by atoms with Gasteiger partial charge in [-0.1, -0.05) is 42.1 Å². The molecule has 0 saturated carbocycles. The average Bonchev–Trinajstić information content (AvgIpc) is 2.99. The van der Waals surface area contributed by atoms with Gasteiger partial charge in [0.15, 0.2) is 4.34 Å². The number of ether oxygens (including phenoxy) is 1. The van der Waals surface area contributed by atoms with Crippen LogP contribution < -0.4 is 0 Å². The number of hydrogen-bond donors (Lipinski definition) is 0. The minimum atomic E-state index is -0.0222. The van der Waals surface area contributed by atoms with Crippen LogP contribution in [0.3, 0.4) is 0 Å². The highest BCUT2D eigenvalue weighted by Crippen LogP contribution is 2.25. The van der Waals surface area contributed by atoms with Crippen LogP contribution in [0.2, 0.25) is 0 Å². The van der Waals surface area contributed by atoms with Gasteiger partial charge < -0.3 is 9.64 Å². The van der Waals surface area contributed by atoms with E-state index in [-0.39, 0.29) is 12.0 Å². The molecule has 0 N–H and O–H groups in total. The maximum atomic E-state index is 12.4. The van der Waals surface area contributed by atoms with Crippen molar-refractivity contribution in [1.29, 1.82) is 0 Å². The third-order valence-electron chi connectivity index (χ3n) is 3.51. The van der Waals surface area contributed by atoms with Crippen molar-refractivity contribution in [3.63, 3.8) is 0 Å². The summed E-state index contributed by atoms with van der Waals surface area (Å²) in [7, 11) is 0. The van der Waals surface area contributed by atoms with Gasteiger partial charge in [-0.15, -0.1) is 11.3 Å². The van der Waals surface area contributed by atoms with E-state index in [1.165, 1.54) is 11.8 Å². The van der Waals surface area contributed by atoms with Gasteiger partial charge in [0, 0.05) is 17.6 Å². The molecule has 2 aromatic rings. The van der Waals surface area contributed by atoms with E-state index in [1.54, 1.807) is 11.3 Å². The van der Waals surface area contributed by atoms with Gasteiger partial charge in [-0.2, -0.15) is 0 Å². The Morgan fingerprint density at radius 1 is 1.45 bits per heavy atom. The summed E-state index contributed by atoms with van der Waals surface area (Å²) in [5, 5.41) is 2.01. The normalized spacial score (nSPS) is 18.4. The highest BCUT2D eigenvalue weighted by Gasteiger charge is 2.25. The van der Waals surface area contributed by atoms with Crippen LogP contribution in [0.5, 0.6) is 0 Å². The number of aryl methyl sites for hydroxylation is 1. The molecule has 1 aromatic carbocycles. The van der Waals surface area contributed by atoms with Gasteiger partial charge in [0.25, 0.3) is 0 Å². The molecule has 116 valence electrons. The fourth-order valence-corrected chi connectivity index (χ4v) is 4.11. The predicted octanol–water partition coefficient (Wildman–Crippen LogP) is 3.14. The first-order valence-corrected chi connectivity index (χ1v) is 9.08. The van der Waals surface area contributed by atoms with Crippen molar-refractivity contribution in [2.24, 2.45) is 0 Å². The molecule has 1 atom stereocenters. The Morgan fingerprint density at radius 2 is 2.27 bits per heavy atom. The lowest BCUT2D eigenvalue weighted by Crippen LogP contribution is -2.43. The summed E-state index contributed by atoms with van der Waals surface area (Å²) in [5.74, 6) is 0.594. The first-order valence-electron chi connectivity index (χ1n) is 7.21. The lowest BCUT2D eigenvalue weighted by Gasteiger charge is -2.33. The Labute approximate surface area is 138 Å². The maximum absolute atomic E-state index is 12.4. The molecule has 1 aliphatic rings. The van der Waals surface area contributed by atoms with E-state index in [1.807, 2.05) is 47.5 Å². The van der Waals surface area contributed by atoms with Crippen LogP contribution in [0.4, 0.5) is 0 Å². The van der Waals surface area contributed by atoms with E-state index >= 15 is 0 Å². The van der Waals surface area contributed by atoms with E-state index in [0.29, 0.717) is 25.4 Å². The minimum absolute atomic E-state index is 0.0222. The molecular formula is C16H18N2O2S2. The summed E-state index contributed by atoms with van der Waals surface area (Å²) in [6, 6.07) is 10.1. The van der Waals surface area contributed by atoms with Crippen LogP contribution in [0.15, 0.2) is 40.1 Å². The van der Waals surface area contributed by atoms with Crippen molar-refractivity contribution in [1.82, 2.24) is 9.88 Å². The smallest absolute Gasteiger partial charge is 0.233 e. The van der Waals surface area contributed by atoms with E-state index < -0.39 is 0 Å². The molecule has 1 aromatic heterocycles. The second kappa shape index (κ2) is 7.26. The maximum Gasteiger partial charge on any atom is 0.233 e. The molecule has 0 aliphatic carbocycles. The zero-order valence-electron chi connectivity index (χ0n) is 12.4. The SMILES string of the molecule is Cc1csc(SCC(=O)N2CCOC(c3ccccc3)C2)n1. The Bertz CT molecular complexity index is 630. The molecule has 2 heterocycles. The number of thiazole rings is 1. The summed E-state index contributed by atoms with van der Waals surface area (Å²) < 4.78 is 6.76. The third-order valence-corrected chi connectivity index (χ3v) is 5.63. The summed E-state index contributed by atoms with van der Waals surface area (Å²) >= 11 is 3.11. The predicted molar refractivity (Wildman–Crippen MR) is 89.3 cm³/mol. The molecule has 0 radical (unpaired) electrons. The van der Waals surface area contributed by atoms with Gasteiger partial charge in [-0.25, -0.2) is 4.98 Å². The number of aromatic nitrogens is 1. The summed E-state index contributed by atoms with van der Waals surface area (Å²) in [4.78, 5) is 18.7. The van der Waals surface area contributed by atoms with E-state index in [0.717, 1.165) is 15.6 Å². The number of thioether (sulfide) groups is 1. The van der Waals surface area contributed by atoms with Crippen LogP contribution in [0.1, 0.15) is 17.4 Å². The first kappa shape index (κ1) is 15.5. The number of nitrogens with zero attached hydrogens (tertiary/aromatic N) is 2. The van der Waals surface area contributed by atoms with Crippen LogP contribution in [-0.2, 0) is 9.53 Å². The largest absolute Gasteiger partial charge is 0.370 e. The summed E-state index contributed by atoms with van der Waals surface area (Å²) in [5.41, 5.74) is 2.14. The molecule has 0 bridgehead atoms. The Hall–Kier alpha value is -1.37. The van der Waals surface area contributed by atoms with Gasteiger partial charge in [0.1, 0.15) is 6.10 Å². The number of morpholine rings is 1. The summed E-state index contributed by atoms with van der Waals surface area (Å²) in [6.45, 7) is 3.85. The number of rotatable bonds is 4. The van der Waals surface area contributed by atoms with Crippen molar-refractivity contribution in [2.75, 3.05) is 25.4 Å². The van der Waals surface area contributed by atoms with Crippen molar-refractivity contribution >= 4 is 29.0 Å². The number of carbonyl (C=O) groups excluding carboxylic acids is 1. The molecule has 0 spiro atoms. The second-order valence-electron chi connectivity index (χ2n) is 5.15.